The molecule has 0 unspecified atom stereocenters. The van der Waals surface area contributed by atoms with Gasteiger partial charge in [-0.15, -0.1) is 0 Å². The van der Waals surface area contributed by atoms with Gasteiger partial charge in [0.15, 0.2) is 11.5 Å². The number of carbonyl (C=O) groups is 1. The molecular weight excluding hydrogens is 298 g/mol. The number of methoxy groups -OCH3 is 3. The summed E-state index contributed by atoms with van der Waals surface area (Å²) >= 11 is 0. The molecule has 0 saturated heterocycles. The Morgan fingerprint density at radius 2 is 1.74 bits per heavy atom. The van der Waals surface area contributed by atoms with Crippen LogP contribution in [0.1, 0.15) is 21.7 Å². The zero-order chi connectivity index (χ0) is 17.1. The van der Waals surface area contributed by atoms with Crippen LogP contribution in [0.3, 0.4) is 0 Å². The second-order valence-electron chi connectivity index (χ2n) is 5.01. The van der Waals surface area contributed by atoms with E-state index in [4.69, 9.17) is 14.2 Å². The predicted molar refractivity (Wildman–Crippen MR) is 86.7 cm³/mol. The van der Waals surface area contributed by atoms with Crippen molar-refractivity contribution in [2.45, 2.75) is 13.8 Å². The minimum absolute atomic E-state index is 0.304. The van der Waals surface area contributed by atoms with Crippen LogP contribution in [-0.2, 0) is 7.05 Å². The molecule has 2 aromatic rings. The van der Waals surface area contributed by atoms with Crippen molar-refractivity contribution in [2.75, 3.05) is 26.6 Å². The summed E-state index contributed by atoms with van der Waals surface area (Å²) in [4.78, 5) is 12.7. The van der Waals surface area contributed by atoms with Gasteiger partial charge in [0, 0.05) is 7.05 Å². The fourth-order valence-electron chi connectivity index (χ4n) is 2.42. The van der Waals surface area contributed by atoms with Gasteiger partial charge in [-0.1, -0.05) is 0 Å². The molecule has 0 aliphatic heterocycles. The van der Waals surface area contributed by atoms with Gasteiger partial charge in [0.05, 0.1) is 44.0 Å². The highest BCUT2D eigenvalue weighted by molar-refractivity contribution is 6.07. The number of carbonyl (C=O) groups excluding carboxylic acids is 1. The number of anilines is 1. The van der Waals surface area contributed by atoms with Crippen LogP contribution >= 0.6 is 0 Å². The Hall–Kier alpha value is -2.70. The second kappa shape index (κ2) is 6.60. The minimum Gasteiger partial charge on any atom is -0.493 e. The first-order valence-corrected chi connectivity index (χ1v) is 7.05. The highest BCUT2D eigenvalue weighted by Gasteiger charge is 2.22. The van der Waals surface area contributed by atoms with Crippen LogP contribution in [0.25, 0.3) is 0 Å². The molecule has 1 heterocycles. The zero-order valence-electron chi connectivity index (χ0n) is 14.2. The fourth-order valence-corrected chi connectivity index (χ4v) is 2.42. The molecule has 0 atom stereocenters. The van der Waals surface area contributed by atoms with Gasteiger partial charge < -0.3 is 19.5 Å². The molecule has 0 fully saturated rings. The van der Waals surface area contributed by atoms with Gasteiger partial charge in [0.1, 0.15) is 0 Å². The highest BCUT2D eigenvalue weighted by atomic mass is 16.5. The number of benzene rings is 1. The number of hydrogen-bond acceptors (Lipinski definition) is 5. The smallest absolute Gasteiger partial charge is 0.259 e. The van der Waals surface area contributed by atoms with Gasteiger partial charge in [-0.3, -0.25) is 9.48 Å². The first kappa shape index (κ1) is 16.7. The van der Waals surface area contributed by atoms with Gasteiger partial charge in [-0.2, -0.15) is 5.10 Å². The topological polar surface area (TPSA) is 74.6 Å². The summed E-state index contributed by atoms with van der Waals surface area (Å²) in [5.74, 6) is 0.891. The van der Waals surface area contributed by atoms with Crippen molar-refractivity contribution in [1.29, 1.82) is 0 Å². The molecule has 0 aliphatic carbocycles. The number of aryl methyl sites for hydroxylation is 2. The van der Waals surface area contributed by atoms with Crippen LogP contribution in [0.2, 0.25) is 0 Å². The first-order chi connectivity index (χ1) is 10.9. The van der Waals surface area contributed by atoms with Crippen LogP contribution in [0.5, 0.6) is 17.2 Å². The van der Waals surface area contributed by atoms with E-state index < -0.39 is 0 Å². The largest absolute Gasteiger partial charge is 0.493 e. The van der Waals surface area contributed by atoms with E-state index in [1.807, 2.05) is 20.9 Å². The molecule has 0 aliphatic rings. The fraction of sp³-hybridized carbons (Fsp3) is 0.375. The lowest BCUT2D eigenvalue weighted by atomic mass is 10.1. The van der Waals surface area contributed by atoms with Crippen LogP contribution in [-0.4, -0.2) is 37.0 Å². The summed E-state index contributed by atoms with van der Waals surface area (Å²) in [6, 6.07) is 3.30. The van der Waals surface area contributed by atoms with E-state index in [0.29, 0.717) is 28.5 Å². The molecule has 0 bridgehead atoms. The van der Waals surface area contributed by atoms with Crippen LogP contribution in [0.15, 0.2) is 12.1 Å². The number of ether oxygens (including phenoxy) is 3. The minimum atomic E-state index is -0.304. The molecule has 7 nitrogen and oxygen atoms in total. The molecule has 23 heavy (non-hydrogen) atoms. The van der Waals surface area contributed by atoms with E-state index in [1.165, 1.54) is 21.3 Å². The summed E-state index contributed by atoms with van der Waals surface area (Å²) in [6.07, 6.45) is 0. The number of aromatic nitrogens is 2. The molecule has 1 amide bonds. The average molecular weight is 319 g/mol. The van der Waals surface area contributed by atoms with Crippen molar-refractivity contribution in [2.24, 2.45) is 7.05 Å². The predicted octanol–water partition coefficient (Wildman–Crippen LogP) is 2.32. The number of hydrogen-bond donors (Lipinski definition) is 1. The van der Waals surface area contributed by atoms with Gasteiger partial charge in [-0.25, -0.2) is 0 Å². The Morgan fingerprint density at radius 1 is 1.09 bits per heavy atom. The third-order valence-electron chi connectivity index (χ3n) is 3.70. The molecule has 1 aromatic heterocycles. The van der Waals surface area contributed by atoms with E-state index in [-0.39, 0.29) is 5.91 Å². The van der Waals surface area contributed by atoms with Gasteiger partial charge in [-0.05, 0) is 26.0 Å². The second-order valence-corrected chi connectivity index (χ2v) is 5.01. The van der Waals surface area contributed by atoms with Gasteiger partial charge in [0.25, 0.3) is 5.91 Å². The van der Waals surface area contributed by atoms with Crippen molar-refractivity contribution in [3.8, 4) is 17.2 Å². The van der Waals surface area contributed by atoms with Crippen molar-refractivity contribution >= 4 is 11.6 Å². The molecule has 2 rings (SSSR count). The Morgan fingerprint density at radius 3 is 2.22 bits per heavy atom. The third-order valence-corrected chi connectivity index (χ3v) is 3.70. The Labute approximate surface area is 135 Å². The summed E-state index contributed by atoms with van der Waals surface area (Å²) in [5.41, 5.74) is 2.66. The Bertz CT molecular complexity index is 737. The normalized spacial score (nSPS) is 10.3. The summed E-state index contributed by atoms with van der Waals surface area (Å²) in [7, 11) is 6.33. The van der Waals surface area contributed by atoms with E-state index in [1.54, 1.807) is 16.8 Å². The third kappa shape index (κ3) is 2.94. The van der Waals surface area contributed by atoms with E-state index >= 15 is 0 Å². The molecule has 1 aromatic carbocycles. The molecule has 1 N–H and O–H groups in total. The number of nitrogens with one attached hydrogen (secondary N) is 1. The average Bonchev–Trinajstić information content (AvgIpc) is 2.79. The van der Waals surface area contributed by atoms with Crippen molar-refractivity contribution < 1.29 is 19.0 Å². The lowest BCUT2D eigenvalue weighted by molar-refractivity contribution is 0.102. The van der Waals surface area contributed by atoms with E-state index in [0.717, 1.165) is 11.4 Å². The number of amides is 1. The lowest BCUT2D eigenvalue weighted by Gasteiger charge is -2.15. The maximum absolute atomic E-state index is 12.7. The van der Waals surface area contributed by atoms with Gasteiger partial charge in [0.2, 0.25) is 5.75 Å². The first-order valence-electron chi connectivity index (χ1n) is 7.05. The van der Waals surface area contributed by atoms with Crippen molar-refractivity contribution in [3.05, 3.63) is 29.1 Å². The van der Waals surface area contributed by atoms with Crippen LogP contribution < -0.4 is 19.5 Å². The molecule has 0 radical (unpaired) electrons. The molecule has 0 spiro atoms. The molecular formula is C16H21N3O4. The van der Waals surface area contributed by atoms with Crippen molar-refractivity contribution in [1.82, 2.24) is 9.78 Å². The lowest BCUT2D eigenvalue weighted by Crippen LogP contribution is -2.15. The molecule has 124 valence electrons. The number of nitrogens with zero attached hydrogens (tertiary/aromatic N) is 2. The summed E-state index contributed by atoms with van der Waals surface area (Å²) in [5, 5.41) is 7.17. The Kier molecular flexibility index (Phi) is 4.78. The summed E-state index contributed by atoms with van der Waals surface area (Å²) < 4.78 is 17.6. The molecule has 0 saturated carbocycles. The standard InChI is InChI=1S/C16H21N3O4/c1-9-13(10(2)19(3)18-9)17-16(20)11-7-8-12(21-4)15(23-6)14(11)22-5/h7-8H,1-6H3,(H,17,20). The monoisotopic (exact) mass is 319 g/mol. The quantitative estimate of drug-likeness (QED) is 0.915. The van der Waals surface area contributed by atoms with E-state index in [9.17, 15) is 4.79 Å². The molecule has 7 heteroatoms. The maximum Gasteiger partial charge on any atom is 0.259 e. The summed E-state index contributed by atoms with van der Waals surface area (Å²) in [6.45, 7) is 3.73. The highest BCUT2D eigenvalue weighted by Crippen LogP contribution is 2.40. The Balaban J connectivity index is 2.43. The van der Waals surface area contributed by atoms with Crippen LogP contribution in [0, 0.1) is 13.8 Å². The number of rotatable bonds is 5. The van der Waals surface area contributed by atoms with Crippen molar-refractivity contribution in [3.63, 3.8) is 0 Å². The SMILES string of the molecule is COc1ccc(C(=O)Nc2c(C)nn(C)c2C)c(OC)c1OC. The van der Waals surface area contributed by atoms with E-state index in [2.05, 4.69) is 10.4 Å². The maximum atomic E-state index is 12.7. The zero-order valence-corrected chi connectivity index (χ0v) is 14.2. The van der Waals surface area contributed by atoms with Gasteiger partial charge >= 0.3 is 0 Å². The van der Waals surface area contributed by atoms with Crippen LogP contribution in [0.4, 0.5) is 5.69 Å².